The Hall–Kier alpha value is -3.57. The molecule has 5 nitrogen and oxygen atoms in total. The van der Waals surface area contributed by atoms with Gasteiger partial charge < -0.3 is 9.30 Å². The molecule has 0 bridgehead atoms. The van der Waals surface area contributed by atoms with Gasteiger partial charge in [0.05, 0.1) is 18.9 Å². The second-order valence-corrected chi connectivity index (χ2v) is 7.19. The van der Waals surface area contributed by atoms with Crippen molar-refractivity contribution >= 4 is 34.6 Å². The third kappa shape index (κ3) is 4.21. The van der Waals surface area contributed by atoms with Crippen molar-refractivity contribution in [1.29, 1.82) is 0 Å². The molecule has 30 heavy (non-hydrogen) atoms. The number of para-hydroxylation sites is 2. The van der Waals surface area contributed by atoms with E-state index in [0.717, 1.165) is 27.1 Å². The Bertz CT molecular complexity index is 1210. The lowest BCUT2D eigenvalue weighted by atomic mass is 10.2. The van der Waals surface area contributed by atoms with Crippen LogP contribution in [0.4, 0.5) is 0 Å². The van der Waals surface area contributed by atoms with Crippen LogP contribution in [0.1, 0.15) is 21.5 Å². The van der Waals surface area contributed by atoms with E-state index in [9.17, 15) is 4.79 Å². The van der Waals surface area contributed by atoms with Gasteiger partial charge in [0.1, 0.15) is 5.75 Å². The predicted molar refractivity (Wildman–Crippen MR) is 121 cm³/mol. The van der Waals surface area contributed by atoms with E-state index in [2.05, 4.69) is 21.2 Å². The Labute approximate surface area is 179 Å². The molecule has 1 N–H and O–H groups in total. The number of rotatable bonds is 6. The lowest BCUT2D eigenvalue weighted by Gasteiger charge is -2.05. The van der Waals surface area contributed by atoms with E-state index < -0.39 is 0 Å². The summed E-state index contributed by atoms with van der Waals surface area (Å²) in [7, 11) is 1.53. The summed E-state index contributed by atoms with van der Waals surface area (Å²) in [6.45, 7) is 0.707. The molecule has 0 aliphatic carbocycles. The largest absolute Gasteiger partial charge is 0.496 e. The minimum atomic E-state index is -0.325. The molecular weight excluding hydrogens is 398 g/mol. The summed E-state index contributed by atoms with van der Waals surface area (Å²) in [5.74, 6) is 0.179. The number of hydrogen-bond donors (Lipinski definition) is 1. The summed E-state index contributed by atoms with van der Waals surface area (Å²) in [5.41, 5.74) is 6.16. The smallest absolute Gasteiger partial charge is 0.275 e. The van der Waals surface area contributed by atoms with Crippen molar-refractivity contribution in [3.63, 3.8) is 0 Å². The molecule has 0 aliphatic heterocycles. The maximum absolute atomic E-state index is 12.4. The monoisotopic (exact) mass is 417 g/mol. The van der Waals surface area contributed by atoms with Crippen LogP contribution in [0.2, 0.25) is 5.02 Å². The van der Waals surface area contributed by atoms with E-state index in [1.54, 1.807) is 24.4 Å². The topological polar surface area (TPSA) is 55.6 Å². The Morgan fingerprint density at radius 3 is 2.60 bits per heavy atom. The zero-order valence-corrected chi connectivity index (χ0v) is 17.1. The van der Waals surface area contributed by atoms with Gasteiger partial charge in [-0.2, -0.15) is 5.10 Å². The van der Waals surface area contributed by atoms with Gasteiger partial charge in [-0.25, -0.2) is 5.43 Å². The number of carbonyl (C=O) groups excluding carboxylic acids is 1. The molecule has 1 heterocycles. The summed E-state index contributed by atoms with van der Waals surface area (Å²) in [4.78, 5) is 12.4. The number of aromatic nitrogens is 1. The molecule has 0 saturated heterocycles. The number of nitrogens with zero attached hydrogens (tertiary/aromatic N) is 2. The first-order chi connectivity index (χ1) is 14.7. The fraction of sp³-hybridized carbons (Fsp3) is 0.0833. The number of methoxy groups -OCH3 is 1. The van der Waals surface area contributed by atoms with E-state index >= 15 is 0 Å². The van der Waals surface area contributed by atoms with Crippen LogP contribution in [0, 0.1) is 0 Å². The van der Waals surface area contributed by atoms with Crippen LogP contribution in [0.15, 0.2) is 84.1 Å². The fourth-order valence-corrected chi connectivity index (χ4v) is 3.47. The first-order valence-corrected chi connectivity index (χ1v) is 9.82. The first-order valence-electron chi connectivity index (χ1n) is 9.44. The van der Waals surface area contributed by atoms with Crippen LogP contribution in [0.5, 0.6) is 5.75 Å². The molecule has 0 fully saturated rings. The molecule has 6 heteroatoms. The van der Waals surface area contributed by atoms with E-state index in [0.29, 0.717) is 17.9 Å². The number of hydrogen-bond acceptors (Lipinski definition) is 3. The highest BCUT2D eigenvalue weighted by molar-refractivity contribution is 6.30. The summed E-state index contributed by atoms with van der Waals surface area (Å²) < 4.78 is 7.39. The second-order valence-electron chi connectivity index (χ2n) is 6.76. The molecule has 150 valence electrons. The Kier molecular flexibility index (Phi) is 5.82. The predicted octanol–water partition coefficient (Wildman–Crippen LogP) is 5.12. The Balaban J connectivity index is 1.57. The molecule has 0 atom stereocenters. The summed E-state index contributed by atoms with van der Waals surface area (Å²) in [6, 6.07) is 22.9. The third-order valence-electron chi connectivity index (χ3n) is 4.81. The minimum absolute atomic E-state index is 0.325. The van der Waals surface area contributed by atoms with Crippen LogP contribution in [0.3, 0.4) is 0 Å². The lowest BCUT2D eigenvalue weighted by Crippen LogP contribution is -2.18. The molecule has 1 aromatic heterocycles. The SMILES string of the molecule is COc1ccccc1C(=O)N/N=C\c1cn(Cc2ccc(Cl)cc2)c2ccccc12. The van der Waals surface area contributed by atoms with Crippen molar-refractivity contribution in [2.75, 3.05) is 7.11 Å². The van der Waals surface area contributed by atoms with E-state index in [4.69, 9.17) is 16.3 Å². The van der Waals surface area contributed by atoms with Crippen molar-refractivity contribution in [3.8, 4) is 5.75 Å². The number of fused-ring (bicyclic) bond motifs is 1. The van der Waals surface area contributed by atoms with Gasteiger partial charge in [0.25, 0.3) is 5.91 Å². The van der Waals surface area contributed by atoms with Gasteiger partial charge in [-0.1, -0.05) is 54.1 Å². The molecular formula is C24H20ClN3O2. The Morgan fingerprint density at radius 2 is 1.80 bits per heavy atom. The van der Waals surface area contributed by atoms with Crippen molar-refractivity contribution in [1.82, 2.24) is 9.99 Å². The summed E-state index contributed by atoms with van der Waals surface area (Å²) in [5, 5.41) is 5.94. The average Bonchev–Trinajstić information content (AvgIpc) is 3.12. The van der Waals surface area contributed by atoms with Gasteiger partial charge in [0, 0.05) is 34.2 Å². The fourth-order valence-electron chi connectivity index (χ4n) is 3.35. The van der Waals surface area contributed by atoms with Crippen LogP contribution in [-0.4, -0.2) is 23.8 Å². The van der Waals surface area contributed by atoms with Crippen LogP contribution < -0.4 is 10.2 Å². The van der Waals surface area contributed by atoms with E-state index in [-0.39, 0.29) is 5.91 Å². The van der Waals surface area contributed by atoms with Gasteiger partial charge in [0.15, 0.2) is 0 Å². The van der Waals surface area contributed by atoms with Crippen LogP contribution in [-0.2, 0) is 6.54 Å². The molecule has 3 aromatic carbocycles. The van der Waals surface area contributed by atoms with E-state index in [1.807, 2.05) is 54.7 Å². The summed E-state index contributed by atoms with van der Waals surface area (Å²) in [6.07, 6.45) is 3.69. The maximum Gasteiger partial charge on any atom is 0.275 e. The van der Waals surface area contributed by atoms with Crippen LogP contribution >= 0.6 is 11.6 Å². The third-order valence-corrected chi connectivity index (χ3v) is 5.06. The number of nitrogens with one attached hydrogen (secondary N) is 1. The highest BCUT2D eigenvalue weighted by Gasteiger charge is 2.11. The maximum atomic E-state index is 12.4. The molecule has 0 saturated carbocycles. The number of amides is 1. The first kappa shape index (κ1) is 19.7. The molecule has 0 aliphatic rings. The summed E-state index contributed by atoms with van der Waals surface area (Å²) >= 11 is 5.99. The van der Waals surface area contributed by atoms with Crippen molar-refractivity contribution in [2.45, 2.75) is 6.54 Å². The zero-order chi connectivity index (χ0) is 20.9. The van der Waals surface area contributed by atoms with Crippen molar-refractivity contribution < 1.29 is 9.53 Å². The molecule has 0 spiro atoms. The highest BCUT2D eigenvalue weighted by atomic mass is 35.5. The molecule has 1 amide bonds. The molecule has 0 radical (unpaired) electrons. The minimum Gasteiger partial charge on any atom is -0.496 e. The average molecular weight is 418 g/mol. The Morgan fingerprint density at radius 1 is 1.07 bits per heavy atom. The molecule has 4 rings (SSSR count). The normalized spacial score (nSPS) is 11.1. The number of hydrazone groups is 1. The zero-order valence-electron chi connectivity index (χ0n) is 16.4. The van der Waals surface area contributed by atoms with Gasteiger partial charge in [-0.15, -0.1) is 0 Å². The molecule has 0 unspecified atom stereocenters. The van der Waals surface area contributed by atoms with Crippen molar-refractivity contribution in [2.24, 2.45) is 5.10 Å². The lowest BCUT2D eigenvalue weighted by molar-refractivity contribution is 0.0952. The van der Waals surface area contributed by atoms with Gasteiger partial charge in [0.2, 0.25) is 0 Å². The van der Waals surface area contributed by atoms with Crippen molar-refractivity contribution in [3.05, 3.63) is 101 Å². The van der Waals surface area contributed by atoms with E-state index in [1.165, 1.54) is 7.11 Å². The van der Waals surface area contributed by atoms with Gasteiger partial charge in [-0.3, -0.25) is 4.79 Å². The quantitative estimate of drug-likeness (QED) is 0.350. The number of ether oxygens (including phenoxy) is 1. The van der Waals surface area contributed by atoms with Crippen LogP contribution in [0.25, 0.3) is 10.9 Å². The highest BCUT2D eigenvalue weighted by Crippen LogP contribution is 2.22. The number of benzene rings is 3. The number of halogens is 1. The second kappa shape index (κ2) is 8.84. The van der Waals surface area contributed by atoms with Gasteiger partial charge in [-0.05, 0) is 35.9 Å². The van der Waals surface area contributed by atoms with Gasteiger partial charge >= 0.3 is 0 Å². The molecule has 4 aromatic rings. The number of carbonyl (C=O) groups is 1. The standard InChI is InChI=1S/C24H20ClN3O2/c1-30-23-9-5-3-7-21(23)24(29)27-26-14-18-16-28(22-8-4-2-6-20(18)22)15-17-10-12-19(25)13-11-17/h2-14,16H,15H2,1H3,(H,27,29)/b26-14-.